The average molecular weight is 218 g/mol. The molecule has 0 aliphatic carbocycles. The van der Waals surface area contributed by atoms with Gasteiger partial charge in [0.25, 0.3) is 0 Å². The van der Waals surface area contributed by atoms with Crippen molar-refractivity contribution in [2.45, 2.75) is 32.2 Å². The summed E-state index contributed by atoms with van der Waals surface area (Å²) in [6, 6.07) is 5.93. The Labute approximate surface area is 93.5 Å². The van der Waals surface area contributed by atoms with Gasteiger partial charge in [-0.05, 0) is 26.0 Å². The Kier molecular flexibility index (Phi) is 1.87. The van der Waals surface area contributed by atoms with E-state index in [1.165, 1.54) is 0 Å². The van der Waals surface area contributed by atoms with Gasteiger partial charge in [0.05, 0.1) is 11.2 Å². The van der Waals surface area contributed by atoms with E-state index in [1.54, 1.807) is 0 Å². The first-order valence-corrected chi connectivity index (χ1v) is 5.40. The van der Waals surface area contributed by atoms with Crippen molar-refractivity contribution in [2.24, 2.45) is 0 Å². The predicted octanol–water partition coefficient (Wildman–Crippen LogP) is 1.46. The van der Waals surface area contributed by atoms with Gasteiger partial charge in [-0.1, -0.05) is 6.07 Å². The number of rotatable bonds is 0. The Morgan fingerprint density at radius 3 is 3.12 bits per heavy atom. The van der Waals surface area contributed by atoms with E-state index in [0.29, 0.717) is 6.42 Å². The lowest BCUT2D eigenvalue weighted by Crippen LogP contribution is -2.35. The maximum atomic E-state index is 9.71. The van der Waals surface area contributed by atoms with Crippen molar-refractivity contribution in [2.75, 3.05) is 0 Å². The molecule has 4 nitrogen and oxygen atoms in total. The first kappa shape index (κ1) is 9.81. The van der Waals surface area contributed by atoms with Crippen LogP contribution in [0.2, 0.25) is 0 Å². The minimum atomic E-state index is -0.740. The van der Waals surface area contributed by atoms with E-state index in [-0.39, 0.29) is 0 Å². The van der Waals surface area contributed by atoms with E-state index in [2.05, 4.69) is 5.10 Å². The highest BCUT2D eigenvalue weighted by Crippen LogP contribution is 2.35. The van der Waals surface area contributed by atoms with E-state index >= 15 is 0 Å². The van der Waals surface area contributed by atoms with Gasteiger partial charge in [0.2, 0.25) is 0 Å². The van der Waals surface area contributed by atoms with Gasteiger partial charge in [-0.2, -0.15) is 5.10 Å². The quantitative estimate of drug-likeness (QED) is 0.728. The fraction of sp³-hybridized carbons (Fsp3) is 0.417. The van der Waals surface area contributed by atoms with E-state index < -0.39 is 11.9 Å². The molecule has 0 spiro atoms. The van der Waals surface area contributed by atoms with Gasteiger partial charge < -0.3 is 9.84 Å². The van der Waals surface area contributed by atoms with Gasteiger partial charge in [0.1, 0.15) is 5.60 Å². The summed E-state index contributed by atoms with van der Waals surface area (Å²) >= 11 is 0. The highest BCUT2D eigenvalue weighted by molar-refractivity contribution is 5.58. The summed E-state index contributed by atoms with van der Waals surface area (Å²) < 4.78 is 7.35. The molecule has 84 valence electrons. The normalized spacial score (nSPS) is 23.3. The third-order valence-electron chi connectivity index (χ3n) is 3.02. The van der Waals surface area contributed by atoms with E-state index in [1.807, 2.05) is 42.8 Å². The standard InChI is InChI=1S/C12H14N2O2/c1-12(2)11-8(7-10(15)16-12)9-5-3-4-6-14(9)13-11/h3-6,10,15H,7H2,1-2H3. The Hall–Kier alpha value is -1.39. The second kappa shape index (κ2) is 3.06. The van der Waals surface area contributed by atoms with Crippen LogP contribution >= 0.6 is 0 Å². The van der Waals surface area contributed by atoms with Crippen LogP contribution in [0.25, 0.3) is 5.52 Å². The van der Waals surface area contributed by atoms with Crippen molar-refractivity contribution in [3.63, 3.8) is 0 Å². The lowest BCUT2D eigenvalue weighted by atomic mass is 9.95. The molecule has 1 unspecified atom stereocenters. The lowest BCUT2D eigenvalue weighted by Gasteiger charge is -2.32. The Morgan fingerprint density at radius 1 is 1.50 bits per heavy atom. The molecule has 1 atom stereocenters. The SMILES string of the molecule is CC1(C)OC(O)Cc2c1nn1ccccc21. The van der Waals surface area contributed by atoms with Gasteiger partial charge in [-0.3, -0.25) is 0 Å². The molecule has 3 rings (SSSR count). The number of hydrogen-bond donors (Lipinski definition) is 1. The van der Waals surface area contributed by atoms with Gasteiger partial charge in [-0.15, -0.1) is 0 Å². The second-order valence-corrected chi connectivity index (χ2v) is 4.64. The molecule has 0 saturated carbocycles. The number of fused-ring (bicyclic) bond motifs is 3. The van der Waals surface area contributed by atoms with Crippen molar-refractivity contribution >= 4 is 5.52 Å². The van der Waals surface area contributed by atoms with Crippen LogP contribution in [0.5, 0.6) is 0 Å². The Morgan fingerprint density at radius 2 is 2.31 bits per heavy atom. The zero-order chi connectivity index (χ0) is 11.3. The highest BCUT2D eigenvalue weighted by atomic mass is 16.6. The summed E-state index contributed by atoms with van der Waals surface area (Å²) in [4.78, 5) is 0. The van der Waals surface area contributed by atoms with Crippen LogP contribution < -0.4 is 0 Å². The number of ether oxygens (including phenoxy) is 1. The molecule has 2 aromatic rings. The van der Waals surface area contributed by atoms with Crippen molar-refractivity contribution in [1.29, 1.82) is 0 Å². The molecular weight excluding hydrogens is 204 g/mol. The molecule has 0 bridgehead atoms. The van der Waals surface area contributed by atoms with Crippen LogP contribution in [-0.4, -0.2) is 21.0 Å². The number of aliphatic hydroxyl groups is 1. The summed E-state index contributed by atoms with van der Waals surface area (Å²) in [5, 5.41) is 14.2. The van der Waals surface area contributed by atoms with E-state index in [9.17, 15) is 5.11 Å². The molecule has 0 aromatic carbocycles. The molecule has 2 aromatic heterocycles. The summed E-state index contributed by atoms with van der Waals surface area (Å²) in [5.41, 5.74) is 2.53. The maximum Gasteiger partial charge on any atom is 0.159 e. The van der Waals surface area contributed by atoms with Crippen LogP contribution in [0.3, 0.4) is 0 Å². The molecule has 0 radical (unpaired) electrons. The molecular formula is C12H14N2O2. The van der Waals surface area contributed by atoms with Crippen LogP contribution in [-0.2, 0) is 16.8 Å². The molecule has 0 saturated heterocycles. The predicted molar refractivity (Wildman–Crippen MR) is 59.0 cm³/mol. The van der Waals surface area contributed by atoms with Gasteiger partial charge >= 0.3 is 0 Å². The van der Waals surface area contributed by atoms with Gasteiger partial charge in [0.15, 0.2) is 6.29 Å². The van der Waals surface area contributed by atoms with Crippen LogP contribution in [0.15, 0.2) is 24.4 Å². The molecule has 0 fully saturated rings. The van der Waals surface area contributed by atoms with Gasteiger partial charge in [0, 0.05) is 18.2 Å². The largest absolute Gasteiger partial charge is 0.368 e. The van der Waals surface area contributed by atoms with Crippen molar-refractivity contribution in [1.82, 2.24) is 9.61 Å². The highest BCUT2D eigenvalue weighted by Gasteiger charge is 2.36. The zero-order valence-electron chi connectivity index (χ0n) is 9.34. The lowest BCUT2D eigenvalue weighted by molar-refractivity contribution is -0.186. The number of nitrogens with zero attached hydrogens (tertiary/aromatic N) is 2. The van der Waals surface area contributed by atoms with Crippen molar-refractivity contribution in [3.8, 4) is 0 Å². The van der Waals surface area contributed by atoms with E-state index in [0.717, 1.165) is 16.8 Å². The summed E-state index contributed by atoms with van der Waals surface area (Å²) in [5.74, 6) is 0. The minimum absolute atomic E-state index is 0.506. The van der Waals surface area contributed by atoms with Crippen molar-refractivity contribution in [3.05, 3.63) is 35.7 Å². The second-order valence-electron chi connectivity index (χ2n) is 4.64. The maximum absolute atomic E-state index is 9.71. The molecule has 1 aliphatic heterocycles. The number of aromatic nitrogens is 2. The first-order valence-electron chi connectivity index (χ1n) is 5.40. The third kappa shape index (κ3) is 1.27. The first-order chi connectivity index (χ1) is 7.58. The van der Waals surface area contributed by atoms with E-state index in [4.69, 9.17) is 4.74 Å². The van der Waals surface area contributed by atoms with Crippen molar-refractivity contribution < 1.29 is 9.84 Å². The van der Waals surface area contributed by atoms with Gasteiger partial charge in [-0.25, -0.2) is 4.52 Å². The molecule has 1 aliphatic rings. The third-order valence-corrected chi connectivity index (χ3v) is 3.02. The molecule has 16 heavy (non-hydrogen) atoms. The van der Waals surface area contributed by atoms with Crippen LogP contribution in [0.4, 0.5) is 0 Å². The fourth-order valence-electron chi connectivity index (χ4n) is 2.35. The average Bonchev–Trinajstić information content (AvgIpc) is 2.57. The topological polar surface area (TPSA) is 46.8 Å². The monoisotopic (exact) mass is 218 g/mol. The molecule has 3 heterocycles. The van der Waals surface area contributed by atoms with Crippen LogP contribution in [0, 0.1) is 0 Å². The summed E-state index contributed by atoms with van der Waals surface area (Å²) in [6.07, 6.45) is 1.68. The Balaban J connectivity index is 2.31. The fourth-order valence-corrected chi connectivity index (χ4v) is 2.35. The number of pyridine rings is 1. The minimum Gasteiger partial charge on any atom is -0.368 e. The summed E-state index contributed by atoms with van der Waals surface area (Å²) in [6.45, 7) is 3.86. The smallest absolute Gasteiger partial charge is 0.159 e. The number of aliphatic hydroxyl groups excluding tert-OH is 1. The van der Waals surface area contributed by atoms with Crippen LogP contribution in [0.1, 0.15) is 25.1 Å². The zero-order valence-corrected chi connectivity index (χ0v) is 9.34. The number of hydrogen-bond acceptors (Lipinski definition) is 3. The molecule has 1 N–H and O–H groups in total. The summed E-state index contributed by atoms with van der Waals surface area (Å²) in [7, 11) is 0. The Bertz CT molecular complexity index is 545. The molecule has 0 amide bonds. The molecule has 4 heteroatoms.